The average Bonchev–Trinajstić information content (AvgIpc) is 2.34. The molecule has 0 bridgehead atoms. The van der Waals surface area contributed by atoms with Crippen LogP contribution in [-0.4, -0.2) is 38.0 Å². The highest BCUT2D eigenvalue weighted by Gasteiger charge is 2.05. The van der Waals surface area contributed by atoms with Crippen LogP contribution in [0.3, 0.4) is 0 Å². The lowest BCUT2D eigenvalue weighted by Gasteiger charge is -2.09. The second-order valence-corrected chi connectivity index (χ2v) is 4.87. The predicted octanol–water partition coefficient (Wildman–Crippen LogP) is 0.741. The smallest absolute Gasteiger partial charge is 0.226 e. The fourth-order valence-corrected chi connectivity index (χ4v) is 1.62. The van der Waals surface area contributed by atoms with Crippen LogP contribution in [0.15, 0.2) is 24.5 Å². The summed E-state index contributed by atoms with van der Waals surface area (Å²) < 4.78 is 2.03. The largest absolute Gasteiger partial charge is 0.356 e. The molecule has 1 heterocycles. The standard InChI is InChI=1S/C14H23N3O/c1-13-5-10-17(11-6-13)12-7-14(18)15-8-4-9-16(2)3/h5-6,10-11H,4,7-9,12H2,1-3H3/p+1. The highest BCUT2D eigenvalue weighted by molar-refractivity contribution is 5.75. The number of amides is 1. The fourth-order valence-electron chi connectivity index (χ4n) is 1.62. The summed E-state index contributed by atoms with van der Waals surface area (Å²) in [5.74, 6) is 0.127. The van der Waals surface area contributed by atoms with E-state index in [0.29, 0.717) is 6.42 Å². The number of pyridine rings is 1. The molecule has 0 radical (unpaired) electrons. The molecule has 18 heavy (non-hydrogen) atoms. The minimum atomic E-state index is 0.127. The van der Waals surface area contributed by atoms with Crippen molar-refractivity contribution in [3.05, 3.63) is 30.1 Å². The molecule has 0 saturated carbocycles. The van der Waals surface area contributed by atoms with Crippen LogP contribution >= 0.6 is 0 Å². The molecule has 4 nitrogen and oxygen atoms in total. The van der Waals surface area contributed by atoms with E-state index in [1.165, 1.54) is 5.56 Å². The molecule has 0 saturated heterocycles. The zero-order chi connectivity index (χ0) is 13.4. The average molecular weight is 250 g/mol. The van der Waals surface area contributed by atoms with Crippen molar-refractivity contribution in [2.24, 2.45) is 0 Å². The molecule has 1 rings (SSSR count). The summed E-state index contributed by atoms with van der Waals surface area (Å²) in [4.78, 5) is 13.7. The minimum absolute atomic E-state index is 0.127. The Morgan fingerprint density at radius 1 is 1.33 bits per heavy atom. The first-order chi connectivity index (χ1) is 8.58. The van der Waals surface area contributed by atoms with Crippen molar-refractivity contribution in [1.29, 1.82) is 0 Å². The van der Waals surface area contributed by atoms with Gasteiger partial charge in [-0.25, -0.2) is 4.57 Å². The Bertz CT molecular complexity index is 360. The zero-order valence-corrected chi connectivity index (χ0v) is 11.6. The molecule has 0 aliphatic carbocycles. The van der Waals surface area contributed by atoms with E-state index in [4.69, 9.17) is 0 Å². The van der Waals surface area contributed by atoms with E-state index in [1.807, 2.05) is 31.1 Å². The van der Waals surface area contributed by atoms with Crippen LogP contribution < -0.4 is 9.88 Å². The number of rotatable bonds is 7. The van der Waals surface area contributed by atoms with Crippen LogP contribution in [-0.2, 0) is 11.3 Å². The van der Waals surface area contributed by atoms with E-state index >= 15 is 0 Å². The van der Waals surface area contributed by atoms with Gasteiger partial charge >= 0.3 is 0 Å². The van der Waals surface area contributed by atoms with Gasteiger partial charge in [-0.3, -0.25) is 4.79 Å². The van der Waals surface area contributed by atoms with Gasteiger partial charge in [0, 0.05) is 18.7 Å². The number of nitrogens with one attached hydrogen (secondary N) is 1. The molecule has 0 aliphatic heterocycles. The summed E-state index contributed by atoms with van der Waals surface area (Å²) in [6.45, 7) is 4.56. The second kappa shape index (κ2) is 7.82. The van der Waals surface area contributed by atoms with Gasteiger partial charge in [0.05, 0.1) is 6.42 Å². The maximum atomic E-state index is 11.6. The third-order valence-corrected chi connectivity index (χ3v) is 2.76. The summed E-state index contributed by atoms with van der Waals surface area (Å²) in [7, 11) is 4.08. The zero-order valence-electron chi connectivity index (χ0n) is 11.6. The van der Waals surface area contributed by atoms with Crippen molar-refractivity contribution in [2.45, 2.75) is 26.3 Å². The molecular formula is C14H24N3O+. The Balaban J connectivity index is 2.15. The van der Waals surface area contributed by atoms with Crippen molar-refractivity contribution in [3.8, 4) is 0 Å². The van der Waals surface area contributed by atoms with Crippen molar-refractivity contribution in [1.82, 2.24) is 10.2 Å². The van der Waals surface area contributed by atoms with Gasteiger partial charge in [0.25, 0.3) is 0 Å². The molecule has 100 valence electrons. The van der Waals surface area contributed by atoms with Crippen LogP contribution in [0, 0.1) is 6.92 Å². The molecule has 1 amide bonds. The molecule has 1 aromatic rings. The molecule has 1 aromatic heterocycles. The SMILES string of the molecule is Cc1cc[n+](CCC(=O)NCCCN(C)C)cc1. The molecule has 0 spiro atoms. The van der Waals surface area contributed by atoms with Gasteiger partial charge in [0.1, 0.15) is 0 Å². The Hall–Kier alpha value is -1.42. The lowest BCUT2D eigenvalue weighted by molar-refractivity contribution is -0.695. The van der Waals surface area contributed by atoms with E-state index < -0.39 is 0 Å². The van der Waals surface area contributed by atoms with Gasteiger partial charge in [0.2, 0.25) is 5.91 Å². The summed E-state index contributed by atoms with van der Waals surface area (Å²) in [6.07, 6.45) is 5.55. The molecule has 0 atom stereocenters. The van der Waals surface area contributed by atoms with Crippen LogP contribution in [0.4, 0.5) is 0 Å². The van der Waals surface area contributed by atoms with Gasteiger partial charge in [0.15, 0.2) is 18.9 Å². The maximum absolute atomic E-state index is 11.6. The van der Waals surface area contributed by atoms with Crippen LogP contribution in [0.1, 0.15) is 18.4 Å². The van der Waals surface area contributed by atoms with Crippen molar-refractivity contribution in [2.75, 3.05) is 27.2 Å². The summed E-state index contributed by atoms with van der Waals surface area (Å²) in [6, 6.07) is 4.10. The molecular weight excluding hydrogens is 226 g/mol. The van der Waals surface area contributed by atoms with Gasteiger partial charge in [-0.1, -0.05) is 0 Å². The van der Waals surface area contributed by atoms with E-state index in [9.17, 15) is 4.79 Å². The number of hydrogen-bond acceptors (Lipinski definition) is 2. The Labute approximate surface area is 110 Å². The Morgan fingerprint density at radius 3 is 2.61 bits per heavy atom. The van der Waals surface area contributed by atoms with Crippen LogP contribution in [0.2, 0.25) is 0 Å². The van der Waals surface area contributed by atoms with Gasteiger partial charge < -0.3 is 10.2 Å². The van der Waals surface area contributed by atoms with E-state index in [0.717, 1.165) is 26.1 Å². The van der Waals surface area contributed by atoms with E-state index in [2.05, 4.69) is 29.3 Å². The quantitative estimate of drug-likeness (QED) is 0.572. The van der Waals surface area contributed by atoms with Crippen molar-refractivity contribution < 1.29 is 9.36 Å². The van der Waals surface area contributed by atoms with Crippen LogP contribution in [0.5, 0.6) is 0 Å². The lowest BCUT2D eigenvalue weighted by Crippen LogP contribution is -2.36. The van der Waals surface area contributed by atoms with E-state index in [1.54, 1.807) is 0 Å². The number of aromatic nitrogens is 1. The molecule has 0 fully saturated rings. The number of aryl methyl sites for hydroxylation is 2. The monoisotopic (exact) mass is 250 g/mol. The molecule has 1 N–H and O–H groups in total. The van der Waals surface area contributed by atoms with Gasteiger partial charge in [-0.2, -0.15) is 0 Å². The van der Waals surface area contributed by atoms with Crippen molar-refractivity contribution >= 4 is 5.91 Å². The van der Waals surface area contributed by atoms with Gasteiger partial charge in [-0.15, -0.1) is 0 Å². The van der Waals surface area contributed by atoms with Gasteiger partial charge in [-0.05, 0) is 39.5 Å². The molecule has 0 aliphatic rings. The third kappa shape index (κ3) is 6.35. The minimum Gasteiger partial charge on any atom is -0.356 e. The van der Waals surface area contributed by atoms with Crippen molar-refractivity contribution in [3.63, 3.8) is 0 Å². The highest BCUT2D eigenvalue weighted by Crippen LogP contribution is 1.90. The number of carbonyl (C=O) groups excluding carboxylic acids is 1. The molecule has 0 aromatic carbocycles. The first-order valence-corrected chi connectivity index (χ1v) is 6.45. The number of hydrogen-bond donors (Lipinski definition) is 1. The second-order valence-electron chi connectivity index (χ2n) is 4.87. The first kappa shape index (κ1) is 14.6. The predicted molar refractivity (Wildman–Crippen MR) is 72.2 cm³/mol. The van der Waals surface area contributed by atoms with E-state index in [-0.39, 0.29) is 5.91 Å². The highest BCUT2D eigenvalue weighted by atomic mass is 16.1. The molecule has 0 unspecified atom stereocenters. The number of carbonyl (C=O) groups is 1. The lowest BCUT2D eigenvalue weighted by atomic mass is 10.3. The molecule has 4 heteroatoms. The Morgan fingerprint density at radius 2 is 2.00 bits per heavy atom. The maximum Gasteiger partial charge on any atom is 0.226 e. The normalized spacial score (nSPS) is 10.7. The topological polar surface area (TPSA) is 36.2 Å². The fraction of sp³-hybridized carbons (Fsp3) is 0.571. The van der Waals surface area contributed by atoms with Crippen LogP contribution in [0.25, 0.3) is 0 Å². The summed E-state index contributed by atoms with van der Waals surface area (Å²) >= 11 is 0. The summed E-state index contributed by atoms with van der Waals surface area (Å²) in [5.41, 5.74) is 1.24. The Kier molecular flexibility index (Phi) is 6.36. The number of nitrogens with zero attached hydrogens (tertiary/aromatic N) is 2. The first-order valence-electron chi connectivity index (χ1n) is 6.45. The summed E-state index contributed by atoms with van der Waals surface area (Å²) in [5, 5.41) is 2.94. The third-order valence-electron chi connectivity index (χ3n) is 2.76.